The van der Waals surface area contributed by atoms with Gasteiger partial charge in [0.25, 0.3) is 0 Å². The van der Waals surface area contributed by atoms with Crippen LogP contribution < -0.4 is 0 Å². The maximum Gasteiger partial charge on any atom is 0.306 e. The van der Waals surface area contributed by atoms with Gasteiger partial charge in [0.1, 0.15) is 13.2 Å². The van der Waals surface area contributed by atoms with Gasteiger partial charge in [0.15, 0.2) is 6.10 Å². The number of unbranched alkanes of at least 4 members (excludes halogenated alkanes) is 35. The molecule has 0 aliphatic heterocycles. The summed E-state index contributed by atoms with van der Waals surface area (Å²) in [5, 5.41) is 0. The minimum atomic E-state index is -0.782. The van der Waals surface area contributed by atoms with E-state index in [0.29, 0.717) is 19.3 Å². The third-order valence-electron chi connectivity index (χ3n) is 13.0. The summed E-state index contributed by atoms with van der Waals surface area (Å²) in [6, 6.07) is 0. The highest BCUT2D eigenvalue weighted by Crippen LogP contribution is 2.16. The van der Waals surface area contributed by atoms with Crippen LogP contribution in [0.5, 0.6) is 0 Å². The van der Waals surface area contributed by atoms with E-state index in [2.05, 4.69) is 69.4 Å². The van der Waals surface area contributed by atoms with Gasteiger partial charge < -0.3 is 14.2 Å². The van der Waals surface area contributed by atoms with Crippen LogP contribution in [0.2, 0.25) is 0 Å². The Labute approximate surface area is 422 Å². The molecule has 0 rings (SSSR count). The summed E-state index contributed by atoms with van der Waals surface area (Å²) in [6.45, 7) is 6.58. The Bertz CT molecular complexity index is 1190. The third kappa shape index (κ3) is 54.3. The van der Waals surface area contributed by atoms with Crippen LogP contribution in [0, 0.1) is 0 Å². The molecule has 0 aromatic carbocycles. The van der Waals surface area contributed by atoms with E-state index in [1.807, 2.05) is 0 Å². The lowest BCUT2D eigenvalue weighted by Crippen LogP contribution is -2.30. The molecule has 0 spiro atoms. The van der Waals surface area contributed by atoms with Crippen LogP contribution in [-0.2, 0) is 28.6 Å². The van der Waals surface area contributed by atoms with E-state index < -0.39 is 6.10 Å². The van der Waals surface area contributed by atoms with Crippen LogP contribution in [0.15, 0.2) is 48.6 Å². The Hall–Kier alpha value is -2.63. The van der Waals surface area contributed by atoms with Crippen LogP contribution in [-0.4, -0.2) is 37.2 Å². The molecule has 0 aromatic rings. The maximum absolute atomic E-state index is 12.8. The van der Waals surface area contributed by atoms with Crippen LogP contribution in [0.25, 0.3) is 0 Å². The Kier molecular flexibility index (Phi) is 54.8. The summed E-state index contributed by atoms with van der Waals surface area (Å²) in [5.41, 5.74) is 0. The maximum atomic E-state index is 12.8. The number of esters is 3. The molecule has 0 radical (unpaired) electrons. The lowest BCUT2D eigenvalue weighted by atomic mass is 10.0. The van der Waals surface area contributed by atoms with Gasteiger partial charge in [-0.25, -0.2) is 0 Å². The van der Waals surface area contributed by atoms with Crippen LogP contribution in [0.1, 0.15) is 310 Å². The van der Waals surface area contributed by atoms with E-state index in [9.17, 15) is 14.4 Å². The van der Waals surface area contributed by atoms with Gasteiger partial charge in [-0.1, -0.05) is 243 Å². The second kappa shape index (κ2) is 57.0. The first-order valence-electron chi connectivity index (χ1n) is 29.6. The molecule has 0 amide bonds. The first-order chi connectivity index (χ1) is 33.5. The molecule has 0 aliphatic rings. The molecule has 396 valence electrons. The van der Waals surface area contributed by atoms with Gasteiger partial charge in [0.05, 0.1) is 0 Å². The topological polar surface area (TPSA) is 78.9 Å². The van der Waals surface area contributed by atoms with Crippen molar-refractivity contribution in [2.45, 2.75) is 316 Å². The van der Waals surface area contributed by atoms with Crippen molar-refractivity contribution in [2.24, 2.45) is 0 Å². The predicted octanol–water partition coefficient (Wildman–Crippen LogP) is 19.8. The van der Waals surface area contributed by atoms with Crippen molar-refractivity contribution < 1.29 is 28.6 Å². The highest BCUT2D eigenvalue weighted by atomic mass is 16.6. The molecular formula is C62H112O6. The third-order valence-corrected chi connectivity index (χ3v) is 13.0. The Morgan fingerprint density at radius 2 is 0.559 bits per heavy atom. The lowest BCUT2D eigenvalue weighted by molar-refractivity contribution is -0.167. The van der Waals surface area contributed by atoms with Gasteiger partial charge in [-0.3, -0.25) is 14.4 Å². The molecular weight excluding hydrogens is 841 g/mol. The van der Waals surface area contributed by atoms with Crippen molar-refractivity contribution >= 4 is 17.9 Å². The molecule has 6 nitrogen and oxygen atoms in total. The molecule has 0 heterocycles. The van der Waals surface area contributed by atoms with Crippen molar-refractivity contribution in [3.63, 3.8) is 0 Å². The standard InChI is InChI=1S/C62H112O6/c1-4-7-10-13-16-19-22-25-27-28-29-30-31-32-33-34-35-38-40-43-46-49-52-55-61(64)67-58-59(57-66-60(63)54-51-48-45-42-39-36-24-21-18-15-12-9-6-3)68-62(65)56-53-50-47-44-41-37-26-23-20-17-14-11-8-5-2/h12,15,21,23-24,26,28-29,59H,4-11,13-14,16-20,22,25,27,30-58H2,1-3H3/b15-12-,24-21-,26-23-,29-28-. The number of carbonyl (C=O) groups is 3. The normalized spacial score (nSPS) is 12.3. The highest BCUT2D eigenvalue weighted by molar-refractivity contribution is 5.71. The van der Waals surface area contributed by atoms with Crippen LogP contribution >= 0.6 is 0 Å². The summed E-state index contributed by atoms with van der Waals surface area (Å²) < 4.78 is 16.9. The molecule has 0 aliphatic carbocycles. The fourth-order valence-electron chi connectivity index (χ4n) is 8.53. The minimum absolute atomic E-state index is 0.0797. The largest absolute Gasteiger partial charge is 0.462 e. The van der Waals surface area contributed by atoms with E-state index in [1.165, 1.54) is 173 Å². The lowest BCUT2D eigenvalue weighted by Gasteiger charge is -2.18. The zero-order valence-corrected chi connectivity index (χ0v) is 45.4. The monoisotopic (exact) mass is 953 g/mol. The molecule has 0 bridgehead atoms. The molecule has 0 saturated heterocycles. The number of allylic oxidation sites excluding steroid dienone is 8. The molecule has 1 atom stereocenters. The Morgan fingerprint density at radius 3 is 0.882 bits per heavy atom. The number of carbonyl (C=O) groups excluding carboxylic acids is 3. The van der Waals surface area contributed by atoms with E-state index in [4.69, 9.17) is 14.2 Å². The summed E-state index contributed by atoms with van der Waals surface area (Å²) in [5.74, 6) is -0.891. The zero-order valence-electron chi connectivity index (χ0n) is 45.4. The van der Waals surface area contributed by atoms with E-state index >= 15 is 0 Å². The summed E-state index contributed by atoms with van der Waals surface area (Å²) in [7, 11) is 0. The van der Waals surface area contributed by atoms with Crippen molar-refractivity contribution in [2.75, 3.05) is 13.2 Å². The second-order valence-corrected chi connectivity index (χ2v) is 19.9. The van der Waals surface area contributed by atoms with Crippen molar-refractivity contribution in [1.82, 2.24) is 0 Å². The van der Waals surface area contributed by atoms with Gasteiger partial charge in [-0.2, -0.15) is 0 Å². The molecule has 1 unspecified atom stereocenters. The fraction of sp³-hybridized carbons (Fsp3) is 0.823. The van der Waals surface area contributed by atoms with Crippen LogP contribution in [0.4, 0.5) is 0 Å². The highest BCUT2D eigenvalue weighted by Gasteiger charge is 2.19. The number of hydrogen-bond donors (Lipinski definition) is 0. The van der Waals surface area contributed by atoms with Gasteiger partial charge in [0, 0.05) is 19.3 Å². The first kappa shape index (κ1) is 65.4. The van der Waals surface area contributed by atoms with Crippen molar-refractivity contribution in [3.8, 4) is 0 Å². The Balaban J connectivity index is 4.28. The van der Waals surface area contributed by atoms with Crippen molar-refractivity contribution in [1.29, 1.82) is 0 Å². The predicted molar refractivity (Wildman–Crippen MR) is 293 cm³/mol. The van der Waals surface area contributed by atoms with Crippen LogP contribution in [0.3, 0.4) is 0 Å². The summed E-state index contributed by atoms with van der Waals surface area (Å²) >= 11 is 0. The fourth-order valence-corrected chi connectivity index (χ4v) is 8.53. The van der Waals surface area contributed by atoms with Gasteiger partial charge in [-0.15, -0.1) is 0 Å². The second-order valence-electron chi connectivity index (χ2n) is 19.9. The zero-order chi connectivity index (χ0) is 49.3. The summed E-state index contributed by atoms with van der Waals surface area (Å²) in [6.07, 6.45) is 69.7. The first-order valence-corrected chi connectivity index (χ1v) is 29.6. The molecule has 68 heavy (non-hydrogen) atoms. The number of ether oxygens (including phenoxy) is 3. The SMILES string of the molecule is CCC/C=C\C/C=C\CCCCCCCC(=O)OCC(COC(=O)CCCCCCCCCCCCC/C=C\CCCCCCCCCC)OC(=O)CCCCCCC/C=C\CCCCCCC. The molecule has 0 N–H and O–H groups in total. The van der Waals surface area contributed by atoms with E-state index in [-0.39, 0.29) is 31.1 Å². The molecule has 0 saturated carbocycles. The average molecular weight is 954 g/mol. The van der Waals surface area contributed by atoms with Gasteiger partial charge in [-0.05, 0) is 96.3 Å². The molecule has 0 aromatic heterocycles. The average Bonchev–Trinajstić information content (AvgIpc) is 3.34. The van der Waals surface area contributed by atoms with Crippen molar-refractivity contribution in [3.05, 3.63) is 48.6 Å². The van der Waals surface area contributed by atoms with Gasteiger partial charge >= 0.3 is 17.9 Å². The quantitative estimate of drug-likeness (QED) is 0.0262. The van der Waals surface area contributed by atoms with E-state index in [0.717, 1.165) is 96.3 Å². The van der Waals surface area contributed by atoms with Gasteiger partial charge in [0.2, 0.25) is 0 Å². The summed E-state index contributed by atoms with van der Waals surface area (Å²) in [4.78, 5) is 38.1. The van der Waals surface area contributed by atoms with E-state index in [1.54, 1.807) is 0 Å². The molecule has 6 heteroatoms. The Morgan fingerprint density at radius 1 is 0.294 bits per heavy atom. The minimum Gasteiger partial charge on any atom is -0.462 e. The molecule has 0 fully saturated rings. The smallest absolute Gasteiger partial charge is 0.306 e. The number of hydrogen-bond acceptors (Lipinski definition) is 6. The number of rotatable bonds is 54.